The number of nitrogens with zero attached hydrogens (tertiary/aromatic N) is 2. The fourth-order valence-corrected chi connectivity index (χ4v) is 3.29. The lowest BCUT2D eigenvalue weighted by Crippen LogP contribution is -2.42. The number of likely N-dealkylation sites (tertiary alicyclic amines) is 1. The number of aliphatic imine (C=N–C) groups is 1. The lowest BCUT2D eigenvalue weighted by atomic mass is 10.2. The molecule has 0 spiro atoms. The van der Waals surface area contributed by atoms with Gasteiger partial charge in [0, 0.05) is 20.1 Å². The summed E-state index contributed by atoms with van der Waals surface area (Å²) < 4.78 is 5.91. The van der Waals surface area contributed by atoms with Crippen LogP contribution >= 0.6 is 24.0 Å². The van der Waals surface area contributed by atoms with Crippen molar-refractivity contribution in [1.29, 1.82) is 0 Å². The molecule has 0 bridgehead atoms. The molecule has 0 amide bonds. The Morgan fingerprint density at radius 2 is 1.85 bits per heavy atom. The van der Waals surface area contributed by atoms with Gasteiger partial charge in [-0.2, -0.15) is 0 Å². The Labute approximate surface area is 173 Å². The summed E-state index contributed by atoms with van der Waals surface area (Å²) in [4.78, 5) is 6.84. The highest BCUT2D eigenvalue weighted by molar-refractivity contribution is 14.0. The topological polar surface area (TPSA) is 52.8 Å². The molecule has 142 valence electrons. The number of benzene rings is 1. The molecule has 0 aliphatic carbocycles. The summed E-state index contributed by atoms with van der Waals surface area (Å²) in [5.74, 6) is 2.81. The molecule has 2 aromatic rings. The molecular weight excluding hydrogens is 439 g/mol. The number of guanidine groups is 1. The molecule has 5 nitrogen and oxygen atoms in total. The van der Waals surface area contributed by atoms with E-state index in [4.69, 9.17) is 4.42 Å². The number of hydrogen-bond acceptors (Lipinski definition) is 3. The van der Waals surface area contributed by atoms with Crippen LogP contribution in [-0.4, -0.2) is 37.5 Å². The molecule has 1 aliphatic rings. The average Bonchev–Trinajstić information content (AvgIpc) is 3.31. The van der Waals surface area contributed by atoms with Gasteiger partial charge in [0.05, 0.1) is 6.04 Å². The maximum atomic E-state index is 5.91. The smallest absolute Gasteiger partial charge is 0.191 e. The summed E-state index contributed by atoms with van der Waals surface area (Å²) in [6.45, 7) is 5.79. The Morgan fingerprint density at radius 3 is 2.46 bits per heavy atom. The zero-order valence-corrected chi connectivity index (χ0v) is 17.9. The Bertz CT molecular complexity index is 680. The first-order valence-electron chi connectivity index (χ1n) is 9.05. The fourth-order valence-electron chi connectivity index (χ4n) is 3.29. The van der Waals surface area contributed by atoms with E-state index < -0.39 is 0 Å². The molecule has 1 atom stereocenters. The quantitative estimate of drug-likeness (QED) is 0.386. The molecule has 3 rings (SSSR count). The third-order valence-electron chi connectivity index (χ3n) is 4.66. The maximum absolute atomic E-state index is 5.91. The van der Waals surface area contributed by atoms with Crippen LogP contribution in [0.25, 0.3) is 0 Å². The third kappa shape index (κ3) is 5.74. The summed E-state index contributed by atoms with van der Waals surface area (Å²) in [5, 5.41) is 6.84. The molecule has 2 heterocycles. The van der Waals surface area contributed by atoms with Crippen LogP contribution in [0.15, 0.2) is 51.9 Å². The van der Waals surface area contributed by atoms with Crippen molar-refractivity contribution in [3.05, 3.63) is 59.5 Å². The predicted octanol–water partition coefficient (Wildman–Crippen LogP) is 3.71. The van der Waals surface area contributed by atoms with Gasteiger partial charge in [0.25, 0.3) is 0 Å². The Morgan fingerprint density at radius 1 is 1.12 bits per heavy atom. The van der Waals surface area contributed by atoms with Crippen molar-refractivity contribution in [3.8, 4) is 0 Å². The lowest BCUT2D eigenvalue weighted by Gasteiger charge is -2.26. The highest BCUT2D eigenvalue weighted by atomic mass is 127. The Hall–Kier alpha value is -1.54. The number of halogens is 1. The minimum absolute atomic E-state index is 0. The molecule has 0 saturated carbocycles. The van der Waals surface area contributed by atoms with E-state index in [-0.39, 0.29) is 30.0 Å². The molecule has 1 aliphatic heterocycles. The number of rotatable bonds is 6. The summed E-state index contributed by atoms with van der Waals surface area (Å²) in [5.41, 5.74) is 1.24. The number of nitrogens with one attached hydrogen (secondary N) is 2. The molecule has 2 N–H and O–H groups in total. The van der Waals surface area contributed by atoms with E-state index in [2.05, 4.69) is 50.9 Å². The predicted molar refractivity (Wildman–Crippen MR) is 117 cm³/mol. The minimum Gasteiger partial charge on any atom is -0.465 e. The first-order valence-corrected chi connectivity index (χ1v) is 9.05. The first-order chi connectivity index (χ1) is 12.3. The first kappa shape index (κ1) is 20.8. The van der Waals surface area contributed by atoms with Crippen LogP contribution < -0.4 is 10.6 Å². The van der Waals surface area contributed by atoms with E-state index >= 15 is 0 Å². The Kier molecular flexibility index (Phi) is 8.44. The van der Waals surface area contributed by atoms with Gasteiger partial charge in [-0.15, -0.1) is 24.0 Å². The van der Waals surface area contributed by atoms with Gasteiger partial charge in [-0.25, -0.2) is 0 Å². The van der Waals surface area contributed by atoms with E-state index in [1.54, 1.807) is 0 Å². The van der Waals surface area contributed by atoms with Gasteiger partial charge in [-0.1, -0.05) is 30.3 Å². The summed E-state index contributed by atoms with van der Waals surface area (Å²) in [6.07, 6.45) is 2.52. The monoisotopic (exact) mass is 468 g/mol. The van der Waals surface area contributed by atoms with Crippen LogP contribution in [0, 0.1) is 6.92 Å². The van der Waals surface area contributed by atoms with Crippen LogP contribution in [0.5, 0.6) is 0 Å². The van der Waals surface area contributed by atoms with Gasteiger partial charge in [0.1, 0.15) is 11.5 Å². The van der Waals surface area contributed by atoms with E-state index in [1.807, 2.05) is 26.1 Å². The number of aryl methyl sites for hydroxylation is 1. The zero-order valence-electron chi connectivity index (χ0n) is 15.6. The van der Waals surface area contributed by atoms with Crippen molar-refractivity contribution in [3.63, 3.8) is 0 Å². The second-order valence-electron chi connectivity index (χ2n) is 6.50. The van der Waals surface area contributed by atoms with E-state index in [9.17, 15) is 0 Å². The van der Waals surface area contributed by atoms with E-state index in [1.165, 1.54) is 18.4 Å². The van der Waals surface area contributed by atoms with Crippen molar-refractivity contribution in [2.75, 3.05) is 26.7 Å². The molecule has 1 aromatic carbocycles. The molecule has 1 unspecified atom stereocenters. The van der Waals surface area contributed by atoms with Crippen LogP contribution in [0.3, 0.4) is 0 Å². The average molecular weight is 468 g/mol. The second kappa shape index (κ2) is 10.6. The highest BCUT2D eigenvalue weighted by Gasteiger charge is 2.26. The van der Waals surface area contributed by atoms with Crippen LogP contribution in [0.1, 0.15) is 36.0 Å². The van der Waals surface area contributed by atoms with Gasteiger partial charge < -0.3 is 15.1 Å². The van der Waals surface area contributed by atoms with E-state index in [0.717, 1.165) is 43.7 Å². The van der Waals surface area contributed by atoms with Crippen molar-refractivity contribution in [2.45, 2.75) is 32.4 Å². The van der Waals surface area contributed by atoms with Crippen molar-refractivity contribution in [1.82, 2.24) is 15.5 Å². The SMILES string of the molecule is CN=C(NCc1ccccc1)NCC(c1ccc(C)o1)N1CCCC1.I. The second-order valence-corrected chi connectivity index (χ2v) is 6.50. The molecule has 6 heteroatoms. The normalized spacial score (nSPS) is 16.2. The van der Waals surface area contributed by atoms with Crippen molar-refractivity contribution >= 4 is 29.9 Å². The number of furan rings is 1. The molecular formula is C20H29IN4O. The lowest BCUT2D eigenvalue weighted by molar-refractivity contribution is 0.213. The minimum atomic E-state index is 0. The third-order valence-corrected chi connectivity index (χ3v) is 4.66. The van der Waals surface area contributed by atoms with Crippen molar-refractivity contribution < 1.29 is 4.42 Å². The van der Waals surface area contributed by atoms with Crippen molar-refractivity contribution in [2.24, 2.45) is 4.99 Å². The molecule has 1 fully saturated rings. The standard InChI is InChI=1S/C20H28N4O.HI/c1-16-10-11-19(25-16)18(24-12-6-7-13-24)15-23-20(21-2)22-14-17-8-4-3-5-9-17;/h3-5,8-11,18H,6-7,12-15H2,1-2H3,(H2,21,22,23);1H. The summed E-state index contributed by atoms with van der Waals surface area (Å²) in [7, 11) is 1.81. The van der Waals surface area contributed by atoms with Gasteiger partial charge in [-0.3, -0.25) is 9.89 Å². The Balaban J connectivity index is 0.00000243. The van der Waals surface area contributed by atoms with E-state index in [0.29, 0.717) is 0 Å². The highest BCUT2D eigenvalue weighted by Crippen LogP contribution is 2.26. The van der Waals surface area contributed by atoms with Crippen LogP contribution in [0.4, 0.5) is 0 Å². The molecule has 0 radical (unpaired) electrons. The van der Waals surface area contributed by atoms with Crippen LogP contribution in [0.2, 0.25) is 0 Å². The zero-order chi connectivity index (χ0) is 17.5. The number of hydrogen-bond donors (Lipinski definition) is 2. The van der Waals surface area contributed by atoms with Gasteiger partial charge >= 0.3 is 0 Å². The van der Waals surface area contributed by atoms with Gasteiger partial charge in [-0.05, 0) is 50.6 Å². The molecule has 1 saturated heterocycles. The summed E-state index contributed by atoms with van der Waals surface area (Å²) >= 11 is 0. The summed E-state index contributed by atoms with van der Waals surface area (Å²) in [6, 6.07) is 14.7. The largest absolute Gasteiger partial charge is 0.465 e. The molecule has 1 aromatic heterocycles. The fraction of sp³-hybridized carbons (Fsp3) is 0.450. The van der Waals surface area contributed by atoms with Gasteiger partial charge in [0.15, 0.2) is 5.96 Å². The maximum Gasteiger partial charge on any atom is 0.191 e. The van der Waals surface area contributed by atoms with Gasteiger partial charge in [0.2, 0.25) is 0 Å². The van der Waals surface area contributed by atoms with Crippen LogP contribution in [-0.2, 0) is 6.54 Å². The molecule has 26 heavy (non-hydrogen) atoms.